The lowest BCUT2D eigenvalue weighted by Crippen LogP contribution is -2.27. The molecule has 112 valence electrons. The fourth-order valence-electron chi connectivity index (χ4n) is 2.78. The summed E-state index contributed by atoms with van der Waals surface area (Å²) in [6, 6.07) is 12.4. The normalized spacial score (nSPS) is 14.4. The van der Waals surface area contributed by atoms with E-state index in [2.05, 4.69) is 24.4 Å². The zero-order valence-electron chi connectivity index (χ0n) is 12.5. The number of fused-ring (bicyclic) bond motifs is 1. The minimum absolute atomic E-state index is 0.0116. The second-order valence-electron chi connectivity index (χ2n) is 5.96. The number of furan rings is 1. The third-order valence-electron chi connectivity index (χ3n) is 4.26. The number of nitrogens with zero attached hydrogens (tertiary/aromatic N) is 1. The number of carbonyl (C=O) groups excluding carboxylic acids is 1. The van der Waals surface area contributed by atoms with E-state index < -0.39 is 0 Å². The Balaban J connectivity index is 1.75. The molecular weight excluding hydrogens is 276 g/mol. The first-order chi connectivity index (χ1) is 10.7. The Bertz CT molecular complexity index is 840. The highest BCUT2D eigenvalue weighted by Gasteiger charge is 2.26. The van der Waals surface area contributed by atoms with Crippen molar-refractivity contribution in [3.8, 4) is 0 Å². The van der Waals surface area contributed by atoms with Crippen molar-refractivity contribution in [1.82, 2.24) is 9.88 Å². The van der Waals surface area contributed by atoms with Crippen molar-refractivity contribution in [3.63, 3.8) is 0 Å². The summed E-state index contributed by atoms with van der Waals surface area (Å²) in [4.78, 5) is 12.5. The van der Waals surface area contributed by atoms with Crippen molar-refractivity contribution < 1.29 is 9.21 Å². The standard InChI is InChI=1S/C18H18N2O2/c1-12-4-2-3-5-13(12)11-20-15-8-9-22-17(15)10-16(20)18(21)19-14-6-7-14/h2-5,8-10,14H,6-7,11H2,1H3,(H,19,21). The van der Waals surface area contributed by atoms with Gasteiger partial charge in [0, 0.05) is 24.7 Å². The van der Waals surface area contributed by atoms with E-state index >= 15 is 0 Å². The van der Waals surface area contributed by atoms with Gasteiger partial charge in [0.15, 0.2) is 5.58 Å². The van der Waals surface area contributed by atoms with Gasteiger partial charge in [0.1, 0.15) is 5.69 Å². The van der Waals surface area contributed by atoms with Gasteiger partial charge in [0.25, 0.3) is 5.91 Å². The Kier molecular flexibility index (Phi) is 3.03. The van der Waals surface area contributed by atoms with Gasteiger partial charge >= 0.3 is 0 Å². The van der Waals surface area contributed by atoms with Crippen LogP contribution in [0.3, 0.4) is 0 Å². The van der Waals surface area contributed by atoms with Crippen LogP contribution in [0.25, 0.3) is 11.1 Å². The number of amides is 1. The van der Waals surface area contributed by atoms with Crippen LogP contribution in [0.1, 0.15) is 34.5 Å². The van der Waals surface area contributed by atoms with Gasteiger partial charge in [-0.15, -0.1) is 0 Å². The average molecular weight is 294 g/mol. The minimum Gasteiger partial charge on any atom is -0.463 e. The summed E-state index contributed by atoms with van der Waals surface area (Å²) >= 11 is 0. The predicted octanol–water partition coefficient (Wildman–Crippen LogP) is 3.48. The topological polar surface area (TPSA) is 47.2 Å². The molecule has 4 heteroatoms. The van der Waals surface area contributed by atoms with E-state index in [0.29, 0.717) is 18.3 Å². The first-order valence-corrected chi connectivity index (χ1v) is 7.64. The maximum absolute atomic E-state index is 12.5. The fraction of sp³-hybridized carbons (Fsp3) is 0.278. The van der Waals surface area contributed by atoms with Crippen LogP contribution in [0.5, 0.6) is 0 Å². The molecule has 1 saturated carbocycles. The smallest absolute Gasteiger partial charge is 0.268 e. The van der Waals surface area contributed by atoms with Gasteiger partial charge in [-0.1, -0.05) is 24.3 Å². The summed E-state index contributed by atoms with van der Waals surface area (Å²) < 4.78 is 7.52. The lowest BCUT2D eigenvalue weighted by Gasteiger charge is -2.12. The number of carbonyl (C=O) groups is 1. The van der Waals surface area contributed by atoms with Crippen LogP contribution in [0.15, 0.2) is 47.1 Å². The highest BCUT2D eigenvalue weighted by Crippen LogP contribution is 2.25. The van der Waals surface area contributed by atoms with E-state index in [1.165, 1.54) is 11.1 Å². The summed E-state index contributed by atoms with van der Waals surface area (Å²) in [6.45, 7) is 2.76. The van der Waals surface area contributed by atoms with Crippen LogP contribution in [0.4, 0.5) is 0 Å². The fourth-order valence-corrected chi connectivity index (χ4v) is 2.78. The van der Waals surface area contributed by atoms with E-state index in [-0.39, 0.29) is 5.91 Å². The van der Waals surface area contributed by atoms with Gasteiger partial charge in [-0.2, -0.15) is 0 Å². The first kappa shape index (κ1) is 13.2. The Hall–Kier alpha value is -2.49. The number of aromatic nitrogens is 1. The van der Waals surface area contributed by atoms with Crippen molar-refractivity contribution in [2.45, 2.75) is 32.4 Å². The average Bonchev–Trinajstić information content (AvgIpc) is 3.08. The van der Waals surface area contributed by atoms with Gasteiger partial charge in [0.2, 0.25) is 0 Å². The van der Waals surface area contributed by atoms with Crippen LogP contribution < -0.4 is 5.32 Å². The number of aryl methyl sites for hydroxylation is 1. The highest BCUT2D eigenvalue weighted by atomic mass is 16.3. The number of rotatable bonds is 4. The molecule has 2 aromatic heterocycles. The second-order valence-corrected chi connectivity index (χ2v) is 5.96. The highest BCUT2D eigenvalue weighted by molar-refractivity contribution is 5.97. The molecule has 0 saturated heterocycles. The van der Waals surface area contributed by atoms with Crippen molar-refractivity contribution in [1.29, 1.82) is 0 Å². The third kappa shape index (κ3) is 2.30. The molecule has 0 atom stereocenters. The molecule has 0 aliphatic heterocycles. The van der Waals surface area contributed by atoms with Crippen LogP contribution in [-0.2, 0) is 6.54 Å². The molecule has 22 heavy (non-hydrogen) atoms. The molecule has 3 aromatic rings. The first-order valence-electron chi connectivity index (χ1n) is 7.64. The van der Waals surface area contributed by atoms with Gasteiger partial charge in [0.05, 0.1) is 11.8 Å². The van der Waals surface area contributed by atoms with Gasteiger partial charge in [-0.05, 0) is 30.9 Å². The summed E-state index contributed by atoms with van der Waals surface area (Å²) in [5.74, 6) is -0.0116. The van der Waals surface area contributed by atoms with E-state index in [0.717, 1.165) is 23.9 Å². The molecular formula is C18H18N2O2. The van der Waals surface area contributed by atoms with E-state index in [9.17, 15) is 4.79 Å². The van der Waals surface area contributed by atoms with Crippen molar-refractivity contribution in [3.05, 3.63) is 59.5 Å². The Morgan fingerprint density at radius 3 is 2.91 bits per heavy atom. The molecule has 1 amide bonds. The van der Waals surface area contributed by atoms with E-state index in [1.807, 2.05) is 28.8 Å². The molecule has 1 aliphatic rings. The summed E-state index contributed by atoms with van der Waals surface area (Å²) in [5.41, 5.74) is 4.83. The van der Waals surface area contributed by atoms with Gasteiger partial charge < -0.3 is 14.3 Å². The number of hydrogen-bond acceptors (Lipinski definition) is 2. The summed E-state index contributed by atoms with van der Waals surface area (Å²) in [5, 5.41) is 3.06. The lowest BCUT2D eigenvalue weighted by atomic mass is 10.1. The summed E-state index contributed by atoms with van der Waals surface area (Å²) in [7, 11) is 0. The zero-order chi connectivity index (χ0) is 15.1. The lowest BCUT2D eigenvalue weighted by molar-refractivity contribution is 0.0942. The monoisotopic (exact) mass is 294 g/mol. The Morgan fingerprint density at radius 1 is 1.32 bits per heavy atom. The molecule has 0 radical (unpaired) electrons. The Morgan fingerprint density at radius 2 is 2.14 bits per heavy atom. The largest absolute Gasteiger partial charge is 0.463 e. The molecule has 0 unspecified atom stereocenters. The number of hydrogen-bond donors (Lipinski definition) is 1. The maximum atomic E-state index is 12.5. The van der Waals surface area contributed by atoms with Crippen LogP contribution in [0, 0.1) is 6.92 Å². The molecule has 0 spiro atoms. The molecule has 4 nitrogen and oxygen atoms in total. The predicted molar refractivity (Wildman–Crippen MR) is 85.0 cm³/mol. The molecule has 1 fully saturated rings. The molecule has 0 bridgehead atoms. The molecule has 4 rings (SSSR count). The van der Waals surface area contributed by atoms with Crippen molar-refractivity contribution in [2.24, 2.45) is 0 Å². The van der Waals surface area contributed by atoms with Crippen LogP contribution in [-0.4, -0.2) is 16.5 Å². The third-order valence-corrected chi connectivity index (χ3v) is 4.26. The quantitative estimate of drug-likeness (QED) is 0.800. The molecule has 1 aromatic carbocycles. The van der Waals surface area contributed by atoms with E-state index in [4.69, 9.17) is 4.42 Å². The Labute approximate surface area is 128 Å². The van der Waals surface area contributed by atoms with Crippen molar-refractivity contribution in [2.75, 3.05) is 0 Å². The van der Waals surface area contributed by atoms with Gasteiger partial charge in [-0.25, -0.2) is 0 Å². The van der Waals surface area contributed by atoms with Gasteiger partial charge in [-0.3, -0.25) is 4.79 Å². The maximum Gasteiger partial charge on any atom is 0.268 e. The zero-order valence-corrected chi connectivity index (χ0v) is 12.5. The summed E-state index contributed by atoms with van der Waals surface area (Å²) in [6.07, 6.45) is 3.84. The van der Waals surface area contributed by atoms with Crippen LogP contribution in [0.2, 0.25) is 0 Å². The molecule has 2 heterocycles. The molecule has 1 N–H and O–H groups in total. The second kappa shape index (κ2) is 5.05. The SMILES string of the molecule is Cc1ccccc1Cn1c(C(=O)NC2CC2)cc2occc21. The number of nitrogens with one attached hydrogen (secondary N) is 1. The van der Waals surface area contributed by atoms with Crippen LogP contribution >= 0.6 is 0 Å². The molecule has 1 aliphatic carbocycles. The number of benzene rings is 1. The van der Waals surface area contributed by atoms with E-state index in [1.54, 1.807) is 6.26 Å². The minimum atomic E-state index is -0.0116. The van der Waals surface area contributed by atoms with Crippen molar-refractivity contribution >= 4 is 17.0 Å².